The summed E-state index contributed by atoms with van der Waals surface area (Å²) >= 11 is 0. The van der Waals surface area contributed by atoms with E-state index in [1.807, 2.05) is 0 Å². The van der Waals surface area contributed by atoms with Crippen LogP contribution in [0.2, 0.25) is 0 Å². The highest BCUT2D eigenvalue weighted by Crippen LogP contribution is 2.28. The third-order valence-electron chi connectivity index (χ3n) is 3.76. The van der Waals surface area contributed by atoms with E-state index in [0.29, 0.717) is 13.1 Å². The number of carbonyl (C=O) groups excluding carboxylic acids is 1. The van der Waals surface area contributed by atoms with E-state index in [1.54, 1.807) is 11.0 Å². The van der Waals surface area contributed by atoms with Gasteiger partial charge in [0.25, 0.3) is 11.6 Å². The molecule has 0 aliphatic carbocycles. The smallest absolute Gasteiger partial charge is 0.294 e. The van der Waals surface area contributed by atoms with Crippen molar-refractivity contribution in [3.63, 3.8) is 0 Å². The van der Waals surface area contributed by atoms with E-state index in [0.717, 1.165) is 25.7 Å². The molecular formula is C14H20N4O3. The third kappa shape index (κ3) is 3.49. The molecule has 0 unspecified atom stereocenters. The van der Waals surface area contributed by atoms with Gasteiger partial charge in [-0.05, 0) is 18.9 Å². The molecular weight excluding hydrogens is 272 g/mol. The lowest BCUT2D eigenvalue weighted by atomic mass is 10.1. The Hall–Kier alpha value is -2.15. The number of nitrogens with two attached hydrogens (primary N) is 1. The summed E-state index contributed by atoms with van der Waals surface area (Å²) in [6, 6.07) is 4.42. The largest absolute Gasteiger partial charge is 0.339 e. The van der Waals surface area contributed by atoms with E-state index < -0.39 is 4.92 Å². The number of anilines is 1. The van der Waals surface area contributed by atoms with E-state index in [1.165, 1.54) is 18.6 Å². The minimum Gasteiger partial charge on any atom is -0.339 e. The molecule has 0 aromatic heterocycles. The molecule has 2 rings (SSSR count). The lowest BCUT2D eigenvalue weighted by Gasteiger charge is -2.25. The number of nitro groups is 1. The Balaban J connectivity index is 2.29. The number of hydrogen-bond acceptors (Lipinski definition) is 5. The highest BCUT2D eigenvalue weighted by molar-refractivity contribution is 6.01. The number of para-hydroxylation sites is 1. The molecule has 7 nitrogen and oxygen atoms in total. The second-order valence-corrected chi connectivity index (χ2v) is 5.16. The Morgan fingerprint density at radius 3 is 2.38 bits per heavy atom. The molecule has 0 atom stereocenters. The van der Waals surface area contributed by atoms with Crippen molar-refractivity contribution in [1.82, 2.24) is 4.90 Å². The number of nitrogens with one attached hydrogen (secondary N) is 1. The van der Waals surface area contributed by atoms with E-state index >= 15 is 0 Å². The van der Waals surface area contributed by atoms with Gasteiger partial charge in [-0.25, -0.2) is 0 Å². The lowest BCUT2D eigenvalue weighted by Crippen LogP contribution is -2.34. The van der Waals surface area contributed by atoms with Crippen LogP contribution in [0.1, 0.15) is 42.5 Å². The standard InChI is InChI=1S/C14H20N4O3/c15-16-13-11(7-6-8-12(13)18(20)21)14(19)17-9-4-2-1-3-5-10-17/h6-8,16H,1-5,9-10,15H2. The number of rotatable bonds is 3. The third-order valence-corrected chi connectivity index (χ3v) is 3.76. The Labute approximate surface area is 123 Å². The first-order valence-electron chi connectivity index (χ1n) is 7.18. The van der Waals surface area contributed by atoms with Crippen LogP contribution >= 0.6 is 0 Å². The maximum Gasteiger partial charge on any atom is 0.294 e. The number of benzene rings is 1. The molecule has 21 heavy (non-hydrogen) atoms. The van der Waals surface area contributed by atoms with Crippen molar-refractivity contribution in [2.24, 2.45) is 5.84 Å². The maximum atomic E-state index is 12.6. The minimum absolute atomic E-state index is 0.0783. The number of hydrazine groups is 1. The highest BCUT2D eigenvalue weighted by atomic mass is 16.6. The van der Waals surface area contributed by atoms with Gasteiger partial charge in [0.05, 0.1) is 10.5 Å². The zero-order valence-corrected chi connectivity index (χ0v) is 11.9. The maximum absolute atomic E-state index is 12.6. The summed E-state index contributed by atoms with van der Waals surface area (Å²) in [5, 5.41) is 11.0. The van der Waals surface area contributed by atoms with Crippen LogP contribution in [0.3, 0.4) is 0 Å². The summed E-state index contributed by atoms with van der Waals surface area (Å²) in [6.07, 6.45) is 5.36. The molecule has 0 bridgehead atoms. The fraction of sp³-hybridized carbons (Fsp3) is 0.500. The molecule has 1 saturated heterocycles. The van der Waals surface area contributed by atoms with Crippen LogP contribution in [0, 0.1) is 10.1 Å². The Morgan fingerprint density at radius 2 is 1.81 bits per heavy atom. The molecule has 0 saturated carbocycles. The van der Waals surface area contributed by atoms with Crippen LogP contribution in [-0.2, 0) is 0 Å². The number of carbonyl (C=O) groups is 1. The summed E-state index contributed by atoms with van der Waals surface area (Å²) in [4.78, 5) is 24.9. The molecule has 7 heteroatoms. The number of hydrogen-bond donors (Lipinski definition) is 2. The van der Waals surface area contributed by atoms with Gasteiger partial charge < -0.3 is 10.3 Å². The Kier molecular flexibility index (Phi) is 5.10. The van der Waals surface area contributed by atoms with Crippen molar-refractivity contribution in [3.05, 3.63) is 33.9 Å². The molecule has 0 spiro atoms. The fourth-order valence-electron chi connectivity index (χ4n) is 2.64. The topological polar surface area (TPSA) is 102 Å². The second-order valence-electron chi connectivity index (χ2n) is 5.16. The molecule has 1 fully saturated rings. The number of likely N-dealkylation sites (tertiary alicyclic amines) is 1. The number of nitrogens with zero attached hydrogens (tertiary/aromatic N) is 2. The summed E-state index contributed by atoms with van der Waals surface area (Å²) < 4.78 is 0. The van der Waals surface area contributed by atoms with Crippen molar-refractivity contribution in [2.45, 2.75) is 32.1 Å². The quantitative estimate of drug-likeness (QED) is 0.505. The van der Waals surface area contributed by atoms with Gasteiger partial charge in [0.2, 0.25) is 0 Å². The van der Waals surface area contributed by atoms with Crippen LogP contribution in [0.25, 0.3) is 0 Å². The normalized spacial score (nSPS) is 16.0. The molecule has 1 amide bonds. The first kappa shape index (κ1) is 15.2. The predicted octanol–water partition coefficient (Wildman–Crippen LogP) is 2.29. The molecule has 1 heterocycles. The van der Waals surface area contributed by atoms with Gasteiger partial charge in [0, 0.05) is 19.2 Å². The fourth-order valence-corrected chi connectivity index (χ4v) is 2.64. The summed E-state index contributed by atoms with van der Waals surface area (Å²) in [5.74, 6) is 5.19. The molecule has 1 aromatic carbocycles. The molecule has 1 aliphatic rings. The van der Waals surface area contributed by atoms with Gasteiger partial charge in [-0.15, -0.1) is 0 Å². The predicted molar refractivity (Wildman–Crippen MR) is 79.9 cm³/mol. The van der Waals surface area contributed by atoms with Crippen LogP contribution in [-0.4, -0.2) is 28.8 Å². The van der Waals surface area contributed by atoms with Crippen molar-refractivity contribution in [2.75, 3.05) is 18.5 Å². The number of nitrogen functional groups attached to an aromatic ring is 1. The zero-order valence-electron chi connectivity index (χ0n) is 11.9. The summed E-state index contributed by atoms with van der Waals surface area (Å²) in [6.45, 7) is 1.37. The first-order valence-corrected chi connectivity index (χ1v) is 7.18. The van der Waals surface area contributed by atoms with E-state index in [4.69, 9.17) is 5.84 Å². The Bertz CT molecular complexity index is 525. The van der Waals surface area contributed by atoms with Crippen LogP contribution < -0.4 is 11.3 Å². The van der Waals surface area contributed by atoms with Gasteiger partial charge in [0.1, 0.15) is 5.69 Å². The number of nitro benzene ring substituents is 1. The van der Waals surface area contributed by atoms with E-state index in [2.05, 4.69) is 5.43 Å². The van der Waals surface area contributed by atoms with Crippen molar-refractivity contribution >= 4 is 17.3 Å². The van der Waals surface area contributed by atoms with Crippen molar-refractivity contribution < 1.29 is 9.72 Å². The van der Waals surface area contributed by atoms with Crippen molar-refractivity contribution in [1.29, 1.82) is 0 Å². The van der Waals surface area contributed by atoms with Gasteiger partial charge in [-0.2, -0.15) is 0 Å². The molecule has 3 N–H and O–H groups in total. The minimum atomic E-state index is -0.542. The zero-order chi connectivity index (χ0) is 15.2. The Morgan fingerprint density at radius 1 is 1.19 bits per heavy atom. The summed E-state index contributed by atoms with van der Waals surface area (Å²) in [7, 11) is 0. The molecule has 0 radical (unpaired) electrons. The second kappa shape index (κ2) is 7.03. The van der Waals surface area contributed by atoms with E-state index in [9.17, 15) is 14.9 Å². The SMILES string of the molecule is NNc1c(C(=O)N2CCCCCCC2)cccc1[N+](=O)[O-]. The van der Waals surface area contributed by atoms with Gasteiger partial charge >= 0.3 is 0 Å². The average molecular weight is 292 g/mol. The van der Waals surface area contributed by atoms with Crippen LogP contribution in [0.15, 0.2) is 18.2 Å². The molecule has 1 aromatic rings. The lowest BCUT2D eigenvalue weighted by molar-refractivity contribution is -0.384. The van der Waals surface area contributed by atoms with Gasteiger partial charge in [0.15, 0.2) is 0 Å². The summed E-state index contributed by atoms with van der Waals surface area (Å²) in [5.41, 5.74) is 2.45. The van der Waals surface area contributed by atoms with Crippen molar-refractivity contribution in [3.8, 4) is 0 Å². The van der Waals surface area contributed by atoms with Crippen LogP contribution in [0.4, 0.5) is 11.4 Å². The highest BCUT2D eigenvalue weighted by Gasteiger charge is 2.24. The van der Waals surface area contributed by atoms with Gasteiger partial charge in [-0.1, -0.05) is 25.3 Å². The molecule has 1 aliphatic heterocycles. The van der Waals surface area contributed by atoms with Gasteiger partial charge in [-0.3, -0.25) is 20.8 Å². The molecule has 114 valence electrons. The number of amides is 1. The average Bonchev–Trinajstić information content (AvgIpc) is 2.45. The van der Waals surface area contributed by atoms with E-state index in [-0.39, 0.29) is 22.8 Å². The first-order chi connectivity index (χ1) is 10.1. The van der Waals surface area contributed by atoms with Crippen LogP contribution in [0.5, 0.6) is 0 Å². The monoisotopic (exact) mass is 292 g/mol.